The van der Waals surface area contributed by atoms with Crippen molar-refractivity contribution in [3.63, 3.8) is 0 Å². The lowest BCUT2D eigenvalue weighted by Crippen LogP contribution is -2.24. The zero-order chi connectivity index (χ0) is 14.0. The highest BCUT2D eigenvalue weighted by atomic mass is 16.5. The number of nitrogens with zero attached hydrogens (tertiary/aromatic N) is 1. The fourth-order valence-corrected chi connectivity index (χ4v) is 2.10. The van der Waals surface area contributed by atoms with Gasteiger partial charge >= 0.3 is 0 Å². The van der Waals surface area contributed by atoms with Gasteiger partial charge in [0.2, 0.25) is 0 Å². The minimum atomic E-state index is 0.298. The van der Waals surface area contributed by atoms with Crippen LogP contribution in [0.5, 0.6) is 5.75 Å². The maximum Gasteiger partial charge on any atom is 0.119 e. The lowest BCUT2D eigenvalue weighted by atomic mass is 10.1. The molecule has 0 spiro atoms. The maximum absolute atomic E-state index is 5.78. The van der Waals surface area contributed by atoms with E-state index in [9.17, 15) is 0 Å². The third-order valence-electron chi connectivity index (χ3n) is 3.15. The molecular weight excluding hydrogens is 248 g/mol. The van der Waals surface area contributed by atoms with E-state index < -0.39 is 0 Å². The summed E-state index contributed by atoms with van der Waals surface area (Å²) in [6, 6.07) is 14.3. The number of rotatable bonds is 8. The Morgan fingerprint density at radius 1 is 1.15 bits per heavy atom. The summed E-state index contributed by atoms with van der Waals surface area (Å²) in [5.74, 6) is 0.924. The first kappa shape index (κ1) is 14.5. The van der Waals surface area contributed by atoms with E-state index in [-0.39, 0.29) is 0 Å². The molecule has 0 saturated carbocycles. The van der Waals surface area contributed by atoms with Crippen LogP contribution in [0.1, 0.15) is 31.4 Å². The molecule has 3 nitrogen and oxygen atoms in total. The molecule has 0 fully saturated rings. The Labute approximate surface area is 121 Å². The van der Waals surface area contributed by atoms with E-state index in [4.69, 9.17) is 4.74 Å². The highest BCUT2D eigenvalue weighted by molar-refractivity contribution is 5.21. The summed E-state index contributed by atoms with van der Waals surface area (Å²) in [6.45, 7) is 3.87. The van der Waals surface area contributed by atoms with Gasteiger partial charge in [-0.15, -0.1) is 0 Å². The van der Waals surface area contributed by atoms with Crippen molar-refractivity contribution in [1.29, 1.82) is 0 Å². The number of para-hydroxylation sites is 1. The van der Waals surface area contributed by atoms with Gasteiger partial charge in [-0.1, -0.05) is 31.2 Å². The Hall–Kier alpha value is -1.87. The molecule has 2 rings (SSSR count). The van der Waals surface area contributed by atoms with Crippen molar-refractivity contribution in [3.8, 4) is 5.75 Å². The molecule has 0 aliphatic rings. The fourth-order valence-electron chi connectivity index (χ4n) is 2.10. The summed E-state index contributed by atoms with van der Waals surface area (Å²) in [4.78, 5) is 4.20. The van der Waals surface area contributed by atoms with Crippen LogP contribution in [-0.4, -0.2) is 18.1 Å². The van der Waals surface area contributed by atoms with Gasteiger partial charge in [0, 0.05) is 24.9 Å². The van der Waals surface area contributed by atoms with Crippen molar-refractivity contribution in [1.82, 2.24) is 10.3 Å². The van der Waals surface area contributed by atoms with E-state index in [2.05, 4.69) is 23.3 Å². The third kappa shape index (κ3) is 4.67. The van der Waals surface area contributed by atoms with Crippen LogP contribution in [0.2, 0.25) is 0 Å². The maximum atomic E-state index is 5.78. The van der Waals surface area contributed by atoms with Crippen molar-refractivity contribution < 1.29 is 4.74 Å². The van der Waals surface area contributed by atoms with Gasteiger partial charge in [-0.25, -0.2) is 0 Å². The topological polar surface area (TPSA) is 34.1 Å². The first-order chi connectivity index (χ1) is 9.90. The van der Waals surface area contributed by atoms with E-state index in [1.54, 1.807) is 6.20 Å². The molecule has 1 unspecified atom stereocenters. The Balaban J connectivity index is 1.88. The minimum Gasteiger partial charge on any atom is -0.494 e. The summed E-state index contributed by atoms with van der Waals surface area (Å²) >= 11 is 0. The van der Waals surface area contributed by atoms with Crippen LogP contribution in [0.25, 0.3) is 0 Å². The van der Waals surface area contributed by atoms with Gasteiger partial charge < -0.3 is 10.1 Å². The van der Waals surface area contributed by atoms with Gasteiger partial charge in [-0.2, -0.15) is 0 Å². The Kier molecular flexibility index (Phi) is 6.06. The Morgan fingerprint density at radius 2 is 2.00 bits per heavy atom. The summed E-state index contributed by atoms with van der Waals surface area (Å²) in [5, 5.41) is 3.55. The van der Waals surface area contributed by atoms with E-state index in [0.717, 1.165) is 25.1 Å². The third-order valence-corrected chi connectivity index (χ3v) is 3.15. The van der Waals surface area contributed by atoms with Crippen molar-refractivity contribution in [3.05, 3.63) is 60.4 Å². The number of benzene rings is 1. The SMILES string of the molecule is CCCNC(CCOc1ccccc1)c1cccnc1. The molecular formula is C17H22N2O. The van der Waals surface area contributed by atoms with Crippen molar-refractivity contribution >= 4 is 0 Å². The Bertz CT molecular complexity index is 473. The van der Waals surface area contributed by atoms with Crippen LogP contribution in [-0.2, 0) is 0 Å². The number of nitrogens with one attached hydrogen (secondary N) is 1. The predicted octanol–water partition coefficient (Wildman–Crippen LogP) is 3.59. The van der Waals surface area contributed by atoms with Crippen molar-refractivity contribution in [2.24, 2.45) is 0 Å². The second-order valence-electron chi connectivity index (χ2n) is 4.74. The van der Waals surface area contributed by atoms with Gasteiger partial charge in [0.05, 0.1) is 6.61 Å². The molecule has 0 aliphatic heterocycles. The van der Waals surface area contributed by atoms with Crippen LogP contribution in [0.3, 0.4) is 0 Å². The number of hydrogen-bond donors (Lipinski definition) is 1. The van der Waals surface area contributed by atoms with Crippen molar-refractivity contribution in [2.45, 2.75) is 25.8 Å². The molecule has 2 aromatic rings. The van der Waals surface area contributed by atoms with Crippen LogP contribution < -0.4 is 10.1 Å². The molecule has 1 heterocycles. The van der Waals surface area contributed by atoms with Gasteiger partial charge in [0.1, 0.15) is 5.75 Å². The largest absolute Gasteiger partial charge is 0.494 e. The van der Waals surface area contributed by atoms with Gasteiger partial charge in [-0.05, 0) is 36.7 Å². The van der Waals surface area contributed by atoms with Crippen LogP contribution in [0.4, 0.5) is 0 Å². The molecule has 3 heteroatoms. The standard InChI is InChI=1S/C17H22N2O/c1-2-11-19-17(15-7-6-12-18-14-15)10-13-20-16-8-4-3-5-9-16/h3-9,12,14,17,19H,2,10-11,13H2,1H3. The van der Waals surface area contributed by atoms with Gasteiger partial charge in [0.25, 0.3) is 0 Å². The van der Waals surface area contributed by atoms with E-state index in [0.29, 0.717) is 12.6 Å². The average Bonchev–Trinajstić information content (AvgIpc) is 2.52. The lowest BCUT2D eigenvalue weighted by Gasteiger charge is -2.18. The number of pyridine rings is 1. The molecule has 0 radical (unpaired) electrons. The van der Waals surface area contributed by atoms with Crippen LogP contribution in [0.15, 0.2) is 54.9 Å². The molecule has 1 N–H and O–H groups in total. The summed E-state index contributed by atoms with van der Waals surface area (Å²) in [7, 11) is 0. The first-order valence-corrected chi connectivity index (χ1v) is 7.21. The minimum absolute atomic E-state index is 0.298. The molecule has 20 heavy (non-hydrogen) atoms. The molecule has 1 aromatic heterocycles. The molecule has 1 aromatic carbocycles. The molecule has 0 aliphatic carbocycles. The average molecular weight is 270 g/mol. The number of ether oxygens (including phenoxy) is 1. The smallest absolute Gasteiger partial charge is 0.119 e. The van der Waals surface area contributed by atoms with E-state index in [1.165, 1.54) is 5.56 Å². The summed E-state index contributed by atoms with van der Waals surface area (Å²) < 4.78 is 5.78. The van der Waals surface area contributed by atoms with Crippen LogP contribution >= 0.6 is 0 Å². The number of aromatic nitrogens is 1. The second kappa shape index (κ2) is 8.33. The molecule has 106 valence electrons. The zero-order valence-corrected chi connectivity index (χ0v) is 12.0. The lowest BCUT2D eigenvalue weighted by molar-refractivity contribution is 0.286. The Morgan fingerprint density at radius 3 is 2.70 bits per heavy atom. The highest BCUT2D eigenvalue weighted by Gasteiger charge is 2.10. The molecule has 1 atom stereocenters. The van der Waals surface area contributed by atoms with Crippen molar-refractivity contribution in [2.75, 3.05) is 13.2 Å². The first-order valence-electron chi connectivity index (χ1n) is 7.21. The normalized spacial score (nSPS) is 12.1. The molecule has 0 saturated heterocycles. The van der Waals surface area contributed by atoms with Gasteiger partial charge in [0.15, 0.2) is 0 Å². The monoisotopic (exact) mass is 270 g/mol. The van der Waals surface area contributed by atoms with Crippen LogP contribution in [0, 0.1) is 0 Å². The predicted molar refractivity (Wildman–Crippen MR) is 81.8 cm³/mol. The highest BCUT2D eigenvalue weighted by Crippen LogP contribution is 2.17. The zero-order valence-electron chi connectivity index (χ0n) is 12.0. The summed E-state index contributed by atoms with van der Waals surface area (Å²) in [6.07, 6.45) is 5.79. The van der Waals surface area contributed by atoms with E-state index in [1.807, 2.05) is 42.6 Å². The fraction of sp³-hybridized carbons (Fsp3) is 0.353. The number of hydrogen-bond acceptors (Lipinski definition) is 3. The summed E-state index contributed by atoms with van der Waals surface area (Å²) in [5.41, 5.74) is 1.22. The van der Waals surface area contributed by atoms with E-state index >= 15 is 0 Å². The van der Waals surface area contributed by atoms with Gasteiger partial charge in [-0.3, -0.25) is 4.98 Å². The second-order valence-corrected chi connectivity index (χ2v) is 4.74. The molecule has 0 amide bonds. The quantitative estimate of drug-likeness (QED) is 0.796. The molecule has 0 bridgehead atoms.